The zero-order valence-electron chi connectivity index (χ0n) is 16.1. The van der Waals surface area contributed by atoms with Crippen molar-refractivity contribution in [1.29, 1.82) is 0 Å². The van der Waals surface area contributed by atoms with Crippen LogP contribution in [0, 0.1) is 5.92 Å². The number of imidazole rings is 1. The molecule has 2 atom stereocenters. The minimum Gasteiger partial charge on any atom is -0.340 e. The third kappa shape index (κ3) is 3.66. The van der Waals surface area contributed by atoms with E-state index in [0.717, 1.165) is 35.7 Å². The van der Waals surface area contributed by atoms with E-state index >= 15 is 0 Å². The van der Waals surface area contributed by atoms with Gasteiger partial charge in [0.15, 0.2) is 0 Å². The summed E-state index contributed by atoms with van der Waals surface area (Å²) in [4.78, 5) is 19.9. The maximum Gasteiger partial charge on any atom is 0.242 e. The number of aromatic nitrogens is 2. The van der Waals surface area contributed by atoms with Crippen LogP contribution in [0.5, 0.6) is 0 Å². The number of thioether (sulfide) groups is 1. The highest BCUT2D eigenvalue weighted by atomic mass is 32.2. The van der Waals surface area contributed by atoms with Crippen LogP contribution in [0.3, 0.4) is 0 Å². The Morgan fingerprint density at radius 2 is 1.89 bits per heavy atom. The number of likely N-dealkylation sites (tertiary alicyclic amines) is 1. The monoisotopic (exact) mass is 394 g/mol. The second-order valence-electron chi connectivity index (χ2n) is 7.35. The van der Waals surface area contributed by atoms with Crippen LogP contribution < -0.4 is 5.73 Å². The topological polar surface area (TPSA) is 64.2 Å². The fraction of sp³-hybridized carbons (Fsp3) is 0.364. The van der Waals surface area contributed by atoms with Gasteiger partial charge in [-0.3, -0.25) is 4.79 Å². The van der Waals surface area contributed by atoms with E-state index in [2.05, 4.69) is 35.1 Å². The highest BCUT2D eigenvalue weighted by Crippen LogP contribution is 2.32. The van der Waals surface area contributed by atoms with Gasteiger partial charge in [-0.25, -0.2) is 4.98 Å². The van der Waals surface area contributed by atoms with Crippen molar-refractivity contribution in [3.05, 3.63) is 66.0 Å². The lowest BCUT2D eigenvalue weighted by Crippen LogP contribution is -2.33. The average Bonchev–Trinajstić information content (AvgIpc) is 3.31. The van der Waals surface area contributed by atoms with E-state index < -0.39 is 0 Å². The van der Waals surface area contributed by atoms with Crippen molar-refractivity contribution in [2.75, 3.05) is 25.9 Å². The second kappa shape index (κ2) is 8.37. The average molecular weight is 395 g/mol. The number of carbonyl (C=O) groups is 1. The van der Waals surface area contributed by atoms with E-state index in [0.29, 0.717) is 24.9 Å². The van der Waals surface area contributed by atoms with Crippen molar-refractivity contribution >= 4 is 28.7 Å². The summed E-state index contributed by atoms with van der Waals surface area (Å²) in [6, 6.07) is 18.4. The van der Waals surface area contributed by atoms with Gasteiger partial charge >= 0.3 is 0 Å². The molecule has 1 fully saturated rings. The highest BCUT2D eigenvalue weighted by Gasteiger charge is 2.35. The van der Waals surface area contributed by atoms with Gasteiger partial charge in [-0.05, 0) is 36.4 Å². The van der Waals surface area contributed by atoms with E-state index in [9.17, 15) is 4.79 Å². The Morgan fingerprint density at radius 3 is 2.64 bits per heavy atom. The van der Waals surface area contributed by atoms with Gasteiger partial charge in [-0.2, -0.15) is 11.8 Å². The number of nitrogens with zero attached hydrogens (tertiary/aromatic N) is 3. The molecule has 1 saturated heterocycles. The third-order valence-electron chi connectivity index (χ3n) is 5.62. The molecule has 1 amide bonds. The lowest BCUT2D eigenvalue weighted by molar-refractivity contribution is -0.130. The van der Waals surface area contributed by atoms with Gasteiger partial charge in [0.2, 0.25) is 5.91 Å². The molecule has 0 spiro atoms. The number of hydrogen-bond donors (Lipinski definition) is 1. The van der Waals surface area contributed by atoms with Gasteiger partial charge in [0.25, 0.3) is 0 Å². The van der Waals surface area contributed by atoms with Crippen molar-refractivity contribution in [3.63, 3.8) is 0 Å². The molecule has 5 nitrogen and oxygen atoms in total. The summed E-state index contributed by atoms with van der Waals surface area (Å²) in [6.45, 7) is 2.37. The fourth-order valence-electron chi connectivity index (χ4n) is 4.17. The van der Waals surface area contributed by atoms with Crippen LogP contribution in [-0.4, -0.2) is 46.2 Å². The summed E-state index contributed by atoms with van der Waals surface area (Å²) in [6.07, 6.45) is 2.06. The molecular formula is C22H26N4OS. The molecule has 1 aliphatic rings. The summed E-state index contributed by atoms with van der Waals surface area (Å²) in [5.74, 6) is 2.50. The molecule has 0 aliphatic carbocycles. The highest BCUT2D eigenvalue weighted by molar-refractivity contribution is 7.97. The Bertz CT molecular complexity index is 956. The van der Waals surface area contributed by atoms with Crippen LogP contribution in [-0.2, 0) is 17.1 Å². The van der Waals surface area contributed by atoms with Crippen molar-refractivity contribution in [1.82, 2.24) is 14.5 Å². The molecule has 1 aromatic heterocycles. The van der Waals surface area contributed by atoms with Crippen molar-refractivity contribution in [3.8, 4) is 0 Å². The number of nitrogens with two attached hydrogens (primary N) is 1. The first kappa shape index (κ1) is 19.0. The Morgan fingerprint density at radius 1 is 1.14 bits per heavy atom. The molecule has 3 aromatic rings. The number of carbonyl (C=O) groups excluding carboxylic acids is 1. The number of benzene rings is 2. The number of hydrogen-bond acceptors (Lipinski definition) is 4. The Labute approximate surface area is 169 Å². The van der Waals surface area contributed by atoms with Crippen LogP contribution in [0.2, 0.25) is 0 Å². The van der Waals surface area contributed by atoms with E-state index in [1.54, 1.807) is 11.8 Å². The number of fused-ring (bicyclic) bond motifs is 1. The molecule has 0 unspecified atom stereocenters. The first-order chi connectivity index (χ1) is 13.7. The molecule has 2 N–H and O–H groups in total. The molecule has 28 heavy (non-hydrogen) atoms. The zero-order chi connectivity index (χ0) is 19.5. The molecule has 4 rings (SSSR count). The second-order valence-corrected chi connectivity index (χ2v) is 8.21. The van der Waals surface area contributed by atoms with Crippen LogP contribution in [0.1, 0.15) is 17.3 Å². The first-order valence-electron chi connectivity index (χ1n) is 9.67. The SMILES string of the molecule is CSCc1nc2ccccc2n1CC(=O)N1C[C@@H](CN)[C@H](c2ccccc2)C1. The smallest absolute Gasteiger partial charge is 0.242 e. The van der Waals surface area contributed by atoms with E-state index in [-0.39, 0.29) is 5.91 Å². The summed E-state index contributed by atoms with van der Waals surface area (Å²) in [5.41, 5.74) is 9.28. The largest absolute Gasteiger partial charge is 0.340 e. The number of amides is 1. The Hall–Kier alpha value is -2.31. The van der Waals surface area contributed by atoms with Crippen LogP contribution in [0.4, 0.5) is 0 Å². The predicted octanol–water partition coefficient (Wildman–Crippen LogP) is 3.10. The standard InChI is InChI=1S/C22H26N4OS/c1-28-15-21-24-19-9-5-6-10-20(19)26(21)14-22(27)25-12-17(11-23)18(13-25)16-7-3-2-4-8-16/h2-10,17-18H,11-15,23H2,1H3/t17-,18+/m1/s1. The third-order valence-corrected chi connectivity index (χ3v) is 6.17. The van der Waals surface area contributed by atoms with E-state index in [4.69, 9.17) is 10.7 Å². The lowest BCUT2D eigenvalue weighted by atomic mass is 9.89. The van der Waals surface area contributed by atoms with Crippen LogP contribution >= 0.6 is 11.8 Å². The molecule has 146 valence electrons. The normalized spacial score (nSPS) is 19.4. The number of rotatable bonds is 6. The Balaban J connectivity index is 1.56. The van der Waals surface area contributed by atoms with Crippen molar-refractivity contribution in [2.24, 2.45) is 11.7 Å². The Kier molecular flexibility index (Phi) is 5.69. The number of para-hydroxylation sites is 2. The van der Waals surface area contributed by atoms with Crippen LogP contribution in [0.15, 0.2) is 54.6 Å². The fourth-order valence-corrected chi connectivity index (χ4v) is 4.65. The molecule has 0 radical (unpaired) electrons. The molecule has 2 heterocycles. The first-order valence-corrected chi connectivity index (χ1v) is 11.1. The summed E-state index contributed by atoms with van der Waals surface area (Å²) >= 11 is 1.72. The minimum absolute atomic E-state index is 0.141. The molecule has 2 aromatic carbocycles. The van der Waals surface area contributed by atoms with Gasteiger partial charge in [-0.15, -0.1) is 0 Å². The van der Waals surface area contributed by atoms with Gasteiger partial charge in [0, 0.05) is 19.0 Å². The molecule has 0 saturated carbocycles. The van der Waals surface area contributed by atoms with Gasteiger partial charge < -0.3 is 15.2 Å². The van der Waals surface area contributed by atoms with Gasteiger partial charge in [0.1, 0.15) is 12.4 Å². The zero-order valence-corrected chi connectivity index (χ0v) is 16.9. The van der Waals surface area contributed by atoms with Crippen molar-refractivity contribution in [2.45, 2.75) is 18.2 Å². The molecule has 6 heteroatoms. The summed E-state index contributed by atoms with van der Waals surface area (Å²) in [5, 5.41) is 0. The quantitative estimate of drug-likeness (QED) is 0.698. The van der Waals surface area contributed by atoms with E-state index in [1.807, 2.05) is 35.2 Å². The molecule has 0 bridgehead atoms. The summed E-state index contributed by atoms with van der Waals surface area (Å²) < 4.78 is 2.07. The van der Waals surface area contributed by atoms with Crippen LogP contribution in [0.25, 0.3) is 11.0 Å². The maximum absolute atomic E-state index is 13.2. The minimum atomic E-state index is 0.141. The summed E-state index contributed by atoms with van der Waals surface area (Å²) in [7, 11) is 0. The predicted molar refractivity (Wildman–Crippen MR) is 115 cm³/mol. The molecular weight excluding hydrogens is 368 g/mol. The van der Waals surface area contributed by atoms with E-state index in [1.165, 1.54) is 5.56 Å². The molecule has 1 aliphatic heterocycles. The van der Waals surface area contributed by atoms with Crippen molar-refractivity contribution < 1.29 is 4.79 Å². The van der Waals surface area contributed by atoms with Gasteiger partial charge in [-0.1, -0.05) is 42.5 Å². The lowest BCUT2D eigenvalue weighted by Gasteiger charge is -2.18. The van der Waals surface area contributed by atoms with Gasteiger partial charge in [0.05, 0.1) is 16.8 Å². The maximum atomic E-state index is 13.2.